The molecule has 20 aromatic rings. The molecular formula is C134H153N10O5+5. The van der Waals surface area contributed by atoms with Gasteiger partial charge in [0.05, 0.1) is 27.8 Å². The van der Waals surface area contributed by atoms with Crippen LogP contribution in [0.5, 0.6) is 0 Å². The molecule has 149 heavy (non-hydrogen) atoms. The summed E-state index contributed by atoms with van der Waals surface area (Å²) in [4.78, 5) is 24.4. The Hall–Kier alpha value is -13.4. The van der Waals surface area contributed by atoms with Gasteiger partial charge in [0.15, 0.2) is 58.9 Å². The largest absolute Gasteiger partial charge is 0.437 e. The lowest BCUT2D eigenvalue weighted by Gasteiger charge is -2.20. The molecule has 0 radical (unpaired) electrons. The number of rotatable bonds is 15. The molecule has 15 heterocycles. The van der Waals surface area contributed by atoms with Crippen LogP contribution < -0.4 is 22.8 Å². The van der Waals surface area contributed by atoms with E-state index in [1.165, 1.54) is 269 Å². The first-order valence-electron chi connectivity index (χ1n) is 56.0. The number of aryl methyl sites for hydroxylation is 13. The highest BCUT2D eigenvalue weighted by atomic mass is 16.4. The van der Waals surface area contributed by atoms with Crippen LogP contribution in [0, 0.1) is 53.9 Å². The molecule has 0 N–H and O–H groups in total. The Bertz CT molecular complexity index is 8480. The van der Waals surface area contributed by atoms with Crippen LogP contribution >= 0.6 is 0 Å². The van der Waals surface area contributed by atoms with E-state index < -0.39 is 0 Å². The minimum Gasteiger partial charge on any atom is -0.437 e. The minimum absolute atomic E-state index is 0.197. The average Bonchev–Trinajstić information content (AvgIpc) is 1.62. The van der Waals surface area contributed by atoms with Crippen molar-refractivity contribution in [2.45, 2.75) is 313 Å². The van der Waals surface area contributed by atoms with Gasteiger partial charge in [0.25, 0.3) is 0 Å². The maximum atomic E-state index is 6.55. The summed E-state index contributed by atoms with van der Waals surface area (Å²) >= 11 is 0. The van der Waals surface area contributed by atoms with Gasteiger partial charge in [0.2, 0.25) is 57.0 Å². The number of pyridine rings is 10. The van der Waals surface area contributed by atoms with Crippen LogP contribution in [0.2, 0.25) is 0 Å². The van der Waals surface area contributed by atoms with E-state index in [0.717, 1.165) is 141 Å². The molecule has 0 saturated heterocycles. The zero-order chi connectivity index (χ0) is 104. The highest BCUT2D eigenvalue weighted by Gasteiger charge is 2.34. The second-order valence-electron chi connectivity index (χ2n) is 46.8. The van der Waals surface area contributed by atoms with E-state index in [2.05, 4.69) is 377 Å². The molecule has 0 unspecified atom stereocenters. The second-order valence-corrected chi connectivity index (χ2v) is 46.8. The van der Waals surface area contributed by atoms with Gasteiger partial charge in [-0.15, -0.1) is 0 Å². The summed E-state index contributed by atoms with van der Waals surface area (Å²) in [5.74, 6) is 4.66. The van der Waals surface area contributed by atoms with Gasteiger partial charge >= 0.3 is 0 Å². The third-order valence-corrected chi connectivity index (χ3v) is 33.8. The Morgan fingerprint density at radius 2 is 0.544 bits per heavy atom. The molecule has 15 heteroatoms. The summed E-state index contributed by atoms with van der Waals surface area (Å²) in [6.45, 7) is 37.4. The molecule has 0 spiro atoms. The first-order valence-corrected chi connectivity index (χ1v) is 56.0. The van der Waals surface area contributed by atoms with Crippen molar-refractivity contribution in [3.8, 4) is 56.3 Å². The quantitative estimate of drug-likeness (QED) is 0.0908. The number of benzene rings is 5. The topological polar surface area (TPSA) is 150 Å². The van der Waals surface area contributed by atoms with Crippen LogP contribution in [0.4, 0.5) is 0 Å². The van der Waals surface area contributed by atoms with Gasteiger partial charge in [-0.25, -0.2) is 47.8 Å². The fourth-order valence-electron chi connectivity index (χ4n) is 25.3. The molecule has 0 amide bonds. The van der Waals surface area contributed by atoms with E-state index in [4.69, 9.17) is 47.0 Å². The molecule has 15 nitrogen and oxygen atoms in total. The summed E-state index contributed by atoms with van der Waals surface area (Å²) in [7, 11) is 10.7. The van der Waals surface area contributed by atoms with Crippen molar-refractivity contribution in [3.05, 3.63) is 296 Å². The lowest BCUT2D eigenvalue weighted by molar-refractivity contribution is -0.661. The number of hydrogen-bond donors (Lipinski definition) is 0. The maximum absolute atomic E-state index is 6.55. The molecule has 15 aromatic heterocycles. The molecule has 5 aliphatic rings. The Labute approximate surface area is 880 Å². The standard InChI is InChI=1S/C29H33N2O.C28H31N2O.C28H33N2O.C25H29N2O.C24H27N2O/c1-19-12-13-23-24-14-15-25(21-10-4-3-5-11-21)30-29(24)32-28(23)27(19)26-18-22(16-17-31(26)2)20-8-6-7-9-20;1-18-11-12-22-23-13-14-24(20-9-5-6-10-20)29-28(23)31-27(22)26(18)25-17-21(15-16-30(25)2)19-7-3-4-8-19;1-18-10-12-22-23-13-11-21(17-28(2,3)4)29-27(23)31-26(22)25(18)24-16-20(14-15-30(24)5)19-8-6-7-9-19;1-14(2)20-13-27(7)22(12-17(20)6)23-16(5)8-9-18-19-10-11-21(15(3)4)26-25(19)28-24(18)23;1-7-17-9-11-19-18-10-8-15(4)22(23(18)27-24(19)25-17)21-12-16(5)20(14(2)3)13-26(21)6/h12-18,20-21H,3-11H2,1-2H3;11-17,19-20H,3-10H2,1-2H3;10-16,19H,6-9,17H2,1-5H3;8-15H,1-7H3;8-14H,7H2,1-6H3/q5*+1. The predicted octanol–water partition coefficient (Wildman–Crippen LogP) is 33.7. The van der Waals surface area contributed by atoms with E-state index >= 15 is 0 Å². The van der Waals surface area contributed by atoms with Crippen LogP contribution in [0.25, 0.3) is 167 Å². The Balaban J connectivity index is 0.000000109. The van der Waals surface area contributed by atoms with Crippen molar-refractivity contribution in [3.63, 3.8) is 0 Å². The van der Waals surface area contributed by atoms with Crippen molar-refractivity contribution in [2.24, 2.45) is 40.7 Å². The summed E-state index contributed by atoms with van der Waals surface area (Å²) in [6, 6.07) is 62.5. The van der Waals surface area contributed by atoms with E-state index in [1.807, 2.05) is 0 Å². The monoisotopic (exact) mass is 1980 g/mol. The minimum atomic E-state index is 0.197. The van der Waals surface area contributed by atoms with Crippen molar-refractivity contribution < 1.29 is 44.9 Å². The lowest BCUT2D eigenvalue weighted by atomic mass is 9.86. The molecule has 764 valence electrons. The summed E-state index contributed by atoms with van der Waals surface area (Å²) in [6.07, 6.45) is 40.7. The number of nitrogens with zero attached hydrogens (tertiary/aromatic N) is 10. The molecule has 5 aliphatic carbocycles. The summed E-state index contributed by atoms with van der Waals surface area (Å²) in [5, 5.41) is 11.3. The zero-order valence-corrected chi connectivity index (χ0v) is 92.4. The molecule has 0 bridgehead atoms. The van der Waals surface area contributed by atoms with Gasteiger partial charge in [0.1, 0.15) is 35.2 Å². The first kappa shape index (κ1) is 101. The molecule has 5 aromatic carbocycles. The molecule has 0 aliphatic heterocycles. The lowest BCUT2D eigenvalue weighted by Crippen LogP contribution is -2.32. The Kier molecular flexibility index (Phi) is 28.7. The van der Waals surface area contributed by atoms with Gasteiger partial charge in [-0.05, 0) is 283 Å². The number of aromatic nitrogens is 10. The van der Waals surface area contributed by atoms with Crippen molar-refractivity contribution in [1.29, 1.82) is 0 Å². The molecule has 0 atom stereocenters. The fraction of sp³-hybridized carbons (Fsp3) is 0.403. The van der Waals surface area contributed by atoms with Gasteiger partial charge in [-0.1, -0.05) is 201 Å². The van der Waals surface area contributed by atoms with Crippen LogP contribution in [-0.4, -0.2) is 24.9 Å². The third kappa shape index (κ3) is 20.2. The molecule has 5 fully saturated rings. The van der Waals surface area contributed by atoms with Gasteiger partial charge < -0.3 is 22.1 Å². The third-order valence-electron chi connectivity index (χ3n) is 33.8. The SMILES string of the molecule is CCc1ccc2c(n1)oc1c(-c3cc(C)c(C(C)C)c[n+]3C)c(C)ccc12.Cc1cc(-c2c(C)ccc3c2oc2nc(C(C)C)ccc23)[n+](C)cc1C(C)C.Cc1ccc2c(oc3nc(C4CCCC4)ccc32)c1-c1cc(C2CCCC2)cc[n+]1C.Cc1ccc2c(oc3nc(C4CCCCC4)ccc32)c1-c1cc(C2CCCC2)cc[n+]1C.Cc1ccc2c(oc3nc(CC(C)(C)C)ccc32)c1-c1cc(C2CCCC2)cc[n+]1C. The van der Waals surface area contributed by atoms with Crippen molar-refractivity contribution in [1.82, 2.24) is 24.9 Å². The normalized spacial score (nSPS) is 15.3. The Morgan fingerprint density at radius 1 is 0.275 bits per heavy atom. The zero-order valence-electron chi connectivity index (χ0n) is 92.4. The van der Waals surface area contributed by atoms with E-state index in [9.17, 15) is 0 Å². The van der Waals surface area contributed by atoms with Gasteiger partial charge in [-0.3, -0.25) is 0 Å². The van der Waals surface area contributed by atoms with Crippen LogP contribution in [-0.2, 0) is 48.1 Å². The van der Waals surface area contributed by atoms with E-state index in [0.29, 0.717) is 47.3 Å². The predicted molar refractivity (Wildman–Crippen MR) is 609 cm³/mol. The van der Waals surface area contributed by atoms with Crippen molar-refractivity contribution in [2.75, 3.05) is 0 Å². The first-order chi connectivity index (χ1) is 71.8. The number of hydrogen-bond acceptors (Lipinski definition) is 10. The number of furan rings is 5. The Morgan fingerprint density at radius 3 is 0.852 bits per heavy atom. The molecule has 25 rings (SSSR count). The van der Waals surface area contributed by atoms with Gasteiger partial charge in [-0.2, -0.15) is 0 Å². The fourth-order valence-corrected chi connectivity index (χ4v) is 25.3. The molecular weight excluding hydrogens is 1830 g/mol. The van der Waals surface area contributed by atoms with Crippen LogP contribution in [0.3, 0.4) is 0 Å². The number of fused-ring (bicyclic) bond motifs is 15. The highest BCUT2D eigenvalue weighted by molar-refractivity contribution is 6.13. The summed E-state index contributed by atoms with van der Waals surface area (Å²) in [5.41, 5.74) is 42.3. The maximum Gasteiger partial charge on any atom is 0.227 e. The summed E-state index contributed by atoms with van der Waals surface area (Å²) < 4.78 is 43.4. The second kappa shape index (κ2) is 42.2. The van der Waals surface area contributed by atoms with Crippen LogP contribution in [0.1, 0.15) is 347 Å². The van der Waals surface area contributed by atoms with Crippen LogP contribution in [0.15, 0.2) is 223 Å². The van der Waals surface area contributed by atoms with E-state index in [-0.39, 0.29) is 5.41 Å². The molecule has 5 saturated carbocycles. The van der Waals surface area contributed by atoms with E-state index in [1.54, 1.807) is 0 Å². The van der Waals surface area contributed by atoms with Gasteiger partial charge in [0, 0.05) is 154 Å². The average molecular weight is 1980 g/mol. The van der Waals surface area contributed by atoms with Crippen molar-refractivity contribution >= 4 is 110 Å². The highest BCUT2D eigenvalue weighted by Crippen LogP contribution is 2.48. The smallest absolute Gasteiger partial charge is 0.227 e.